The Labute approximate surface area is 104 Å². The average molecular weight is 256 g/mol. The van der Waals surface area contributed by atoms with Crippen LogP contribution in [0.1, 0.15) is 32.5 Å². The Bertz CT molecular complexity index is 452. The Kier molecular flexibility index (Phi) is 4.11. The van der Waals surface area contributed by atoms with Gasteiger partial charge in [0.1, 0.15) is 4.88 Å². The first-order valence-electron chi connectivity index (χ1n) is 5.15. The third kappa shape index (κ3) is 2.41. The highest BCUT2D eigenvalue weighted by Gasteiger charge is 2.25. The number of rotatable bonds is 3. The number of esters is 1. The van der Waals surface area contributed by atoms with Crippen LogP contribution < -0.4 is 5.73 Å². The van der Waals surface area contributed by atoms with Gasteiger partial charge in [0.2, 0.25) is 0 Å². The third-order valence-electron chi connectivity index (χ3n) is 2.38. The summed E-state index contributed by atoms with van der Waals surface area (Å²) in [7, 11) is 4.61. The van der Waals surface area contributed by atoms with Crippen molar-refractivity contribution in [3.63, 3.8) is 0 Å². The molecule has 0 atom stereocenters. The van der Waals surface area contributed by atoms with Gasteiger partial charge < -0.3 is 15.4 Å². The van der Waals surface area contributed by atoms with Gasteiger partial charge in [-0.15, -0.1) is 11.3 Å². The van der Waals surface area contributed by atoms with Crippen molar-refractivity contribution in [2.24, 2.45) is 0 Å². The predicted octanol–water partition coefficient (Wildman–Crippen LogP) is 1.38. The molecule has 1 heterocycles. The molecule has 0 radical (unpaired) electrons. The Hall–Kier alpha value is -1.56. The number of amides is 1. The zero-order chi connectivity index (χ0) is 13.2. The molecule has 0 unspecified atom stereocenters. The molecule has 17 heavy (non-hydrogen) atoms. The number of nitrogens with zero attached hydrogens (tertiary/aromatic N) is 1. The lowest BCUT2D eigenvalue weighted by Gasteiger charge is -2.11. The van der Waals surface area contributed by atoms with Gasteiger partial charge in [-0.05, 0) is 12.0 Å². The molecule has 0 aliphatic carbocycles. The maximum Gasteiger partial charge on any atom is 0.348 e. The Morgan fingerprint density at radius 1 is 1.41 bits per heavy atom. The van der Waals surface area contributed by atoms with Gasteiger partial charge in [0.25, 0.3) is 5.91 Å². The summed E-state index contributed by atoms with van der Waals surface area (Å²) in [6.07, 6.45) is 0.563. The number of hydrogen-bond donors (Lipinski definition) is 1. The van der Waals surface area contributed by atoms with E-state index >= 15 is 0 Å². The van der Waals surface area contributed by atoms with Crippen LogP contribution >= 0.6 is 11.3 Å². The molecule has 0 spiro atoms. The molecule has 1 aromatic rings. The van der Waals surface area contributed by atoms with Crippen molar-refractivity contribution in [3.8, 4) is 0 Å². The van der Waals surface area contributed by atoms with E-state index in [0.717, 1.165) is 11.3 Å². The van der Waals surface area contributed by atoms with E-state index in [-0.39, 0.29) is 5.91 Å². The largest absolute Gasteiger partial charge is 0.465 e. The molecule has 0 saturated heterocycles. The third-order valence-corrected chi connectivity index (χ3v) is 3.42. The van der Waals surface area contributed by atoms with Crippen molar-refractivity contribution >= 4 is 28.2 Å². The van der Waals surface area contributed by atoms with Crippen LogP contribution in [0.3, 0.4) is 0 Å². The van der Waals surface area contributed by atoms with Crippen molar-refractivity contribution in [2.45, 2.75) is 13.3 Å². The molecule has 94 valence electrons. The van der Waals surface area contributed by atoms with Gasteiger partial charge in [-0.1, -0.05) is 6.92 Å². The van der Waals surface area contributed by atoms with Crippen LogP contribution in [0.15, 0.2) is 0 Å². The van der Waals surface area contributed by atoms with Gasteiger partial charge in [0, 0.05) is 14.1 Å². The van der Waals surface area contributed by atoms with Gasteiger partial charge in [0.05, 0.1) is 17.7 Å². The van der Waals surface area contributed by atoms with E-state index in [2.05, 4.69) is 4.74 Å². The van der Waals surface area contributed by atoms with E-state index in [9.17, 15) is 9.59 Å². The minimum absolute atomic E-state index is 0.189. The second-order valence-electron chi connectivity index (χ2n) is 3.69. The van der Waals surface area contributed by atoms with Crippen LogP contribution in [0.2, 0.25) is 0 Å². The molecule has 2 N–H and O–H groups in total. The van der Waals surface area contributed by atoms with Crippen molar-refractivity contribution in [1.82, 2.24) is 4.90 Å². The molecular weight excluding hydrogens is 240 g/mol. The minimum atomic E-state index is -0.448. The van der Waals surface area contributed by atoms with Crippen LogP contribution in [-0.4, -0.2) is 38.0 Å². The van der Waals surface area contributed by atoms with E-state index in [4.69, 9.17) is 5.73 Å². The number of methoxy groups -OCH3 is 1. The summed E-state index contributed by atoms with van der Waals surface area (Å²) in [6.45, 7) is 1.88. The average Bonchev–Trinajstić information content (AvgIpc) is 2.63. The molecule has 1 amide bonds. The first-order valence-corrected chi connectivity index (χ1v) is 5.96. The Balaban J connectivity index is 3.36. The van der Waals surface area contributed by atoms with Gasteiger partial charge >= 0.3 is 5.97 Å². The van der Waals surface area contributed by atoms with Crippen LogP contribution in [0.25, 0.3) is 0 Å². The molecule has 0 saturated carbocycles. The summed E-state index contributed by atoms with van der Waals surface area (Å²) >= 11 is 1.10. The summed E-state index contributed by atoms with van der Waals surface area (Å²) in [5, 5.41) is 0.362. The number of ether oxygens (including phenoxy) is 1. The number of hydrogen-bond acceptors (Lipinski definition) is 5. The second kappa shape index (κ2) is 5.18. The first kappa shape index (κ1) is 13.5. The number of carbonyl (C=O) groups is 2. The van der Waals surface area contributed by atoms with Crippen molar-refractivity contribution < 1.29 is 14.3 Å². The molecule has 1 rings (SSSR count). The lowest BCUT2D eigenvalue weighted by Crippen LogP contribution is -2.23. The van der Waals surface area contributed by atoms with Gasteiger partial charge in [-0.3, -0.25) is 4.79 Å². The first-order chi connectivity index (χ1) is 7.93. The summed E-state index contributed by atoms with van der Waals surface area (Å²) in [4.78, 5) is 25.4. The zero-order valence-electron chi connectivity index (χ0n) is 10.4. The Morgan fingerprint density at radius 3 is 2.41 bits per heavy atom. The second-order valence-corrected chi connectivity index (χ2v) is 4.75. The molecule has 0 bridgehead atoms. The van der Waals surface area contributed by atoms with E-state index in [1.807, 2.05) is 6.92 Å². The molecule has 6 heteroatoms. The van der Waals surface area contributed by atoms with E-state index < -0.39 is 5.97 Å². The highest BCUT2D eigenvalue weighted by Crippen LogP contribution is 2.32. The summed E-state index contributed by atoms with van der Waals surface area (Å²) in [5.74, 6) is -0.637. The van der Waals surface area contributed by atoms with Crippen LogP contribution in [0, 0.1) is 0 Å². The molecule has 1 aromatic heterocycles. The maximum atomic E-state index is 12.0. The van der Waals surface area contributed by atoms with Crippen molar-refractivity contribution in [3.05, 3.63) is 16.0 Å². The lowest BCUT2D eigenvalue weighted by atomic mass is 10.1. The normalized spacial score (nSPS) is 10.1. The molecule has 0 aromatic carbocycles. The predicted molar refractivity (Wildman–Crippen MR) is 67.5 cm³/mol. The van der Waals surface area contributed by atoms with Gasteiger partial charge in [-0.25, -0.2) is 4.79 Å². The fourth-order valence-electron chi connectivity index (χ4n) is 1.54. The summed E-state index contributed by atoms with van der Waals surface area (Å²) in [6, 6.07) is 0. The van der Waals surface area contributed by atoms with Crippen LogP contribution in [0.4, 0.5) is 5.00 Å². The van der Waals surface area contributed by atoms with Crippen LogP contribution in [-0.2, 0) is 11.2 Å². The highest BCUT2D eigenvalue weighted by atomic mass is 32.1. The smallest absolute Gasteiger partial charge is 0.348 e. The highest BCUT2D eigenvalue weighted by molar-refractivity contribution is 7.18. The molecule has 0 aliphatic heterocycles. The molecular formula is C11H16N2O3S. The molecule has 0 fully saturated rings. The van der Waals surface area contributed by atoms with Gasteiger partial charge in [-0.2, -0.15) is 0 Å². The SMILES string of the molecule is CCc1c(C(=O)OC)sc(N)c1C(=O)N(C)C. The summed E-state index contributed by atoms with van der Waals surface area (Å²) < 4.78 is 4.68. The fraction of sp³-hybridized carbons (Fsp3) is 0.455. The number of carbonyl (C=O) groups excluding carboxylic acids is 2. The number of nitrogens with two attached hydrogens (primary N) is 1. The Morgan fingerprint density at radius 2 is 2.00 bits per heavy atom. The van der Waals surface area contributed by atoms with E-state index in [0.29, 0.717) is 27.4 Å². The van der Waals surface area contributed by atoms with Crippen molar-refractivity contribution in [2.75, 3.05) is 26.9 Å². The zero-order valence-corrected chi connectivity index (χ0v) is 11.2. The quantitative estimate of drug-likeness (QED) is 0.829. The number of thiophene rings is 1. The van der Waals surface area contributed by atoms with Gasteiger partial charge in [0.15, 0.2) is 0 Å². The monoisotopic (exact) mass is 256 g/mol. The topological polar surface area (TPSA) is 72.6 Å². The van der Waals surface area contributed by atoms with Crippen LogP contribution in [0.5, 0.6) is 0 Å². The molecule has 0 aliphatic rings. The molecule has 5 nitrogen and oxygen atoms in total. The van der Waals surface area contributed by atoms with Crippen molar-refractivity contribution in [1.29, 1.82) is 0 Å². The number of nitrogen functional groups attached to an aromatic ring is 1. The standard InChI is InChI=1S/C11H16N2O3S/c1-5-6-7(10(14)13(2)3)9(12)17-8(6)11(15)16-4/h5,12H2,1-4H3. The van der Waals surface area contributed by atoms with E-state index in [1.54, 1.807) is 14.1 Å². The van der Waals surface area contributed by atoms with E-state index in [1.165, 1.54) is 12.0 Å². The maximum absolute atomic E-state index is 12.0. The lowest BCUT2D eigenvalue weighted by molar-refractivity contribution is 0.0605. The fourth-order valence-corrected chi connectivity index (χ4v) is 2.61. The minimum Gasteiger partial charge on any atom is -0.465 e. The number of anilines is 1. The summed E-state index contributed by atoms with van der Waals surface area (Å²) in [5.41, 5.74) is 6.90.